The van der Waals surface area contributed by atoms with Gasteiger partial charge in [-0.3, -0.25) is 0 Å². The summed E-state index contributed by atoms with van der Waals surface area (Å²) in [7, 11) is 0. The Labute approximate surface area is 117 Å². The number of carbonyl (C=O) groups is 1. The highest BCUT2D eigenvalue weighted by Gasteiger charge is 2.47. The molecule has 0 amide bonds. The number of anilines is 1. The van der Waals surface area contributed by atoms with E-state index in [-0.39, 0.29) is 11.1 Å². The molecular formula is C14H19N3O3. The van der Waals surface area contributed by atoms with Crippen molar-refractivity contribution in [3.05, 3.63) is 18.1 Å². The normalized spacial score (nSPS) is 29.4. The van der Waals surface area contributed by atoms with Crippen molar-refractivity contribution in [2.24, 2.45) is 11.3 Å². The second-order valence-corrected chi connectivity index (χ2v) is 5.98. The van der Waals surface area contributed by atoms with Crippen molar-refractivity contribution in [1.29, 1.82) is 0 Å². The topological polar surface area (TPSA) is 84.3 Å². The number of aromatic carboxylic acids is 1. The Kier molecular flexibility index (Phi) is 3.33. The SMILES string of the molecule is CC1(CNc2cnc(C(=O)O)cn2)CCOC1C1CC1. The molecule has 20 heavy (non-hydrogen) atoms. The van der Waals surface area contributed by atoms with Gasteiger partial charge in [0, 0.05) is 18.6 Å². The van der Waals surface area contributed by atoms with E-state index >= 15 is 0 Å². The van der Waals surface area contributed by atoms with Crippen molar-refractivity contribution in [3.63, 3.8) is 0 Å². The van der Waals surface area contributed by atoms with E-state index in [1.807, 2.05) is 0 Å². The first-order valence-corrected chi connectivity index (χ1v) is 6.99. The lowest BCUT2D eigenvalue weighted by Crippen LogP contribution is -2.36. The van der Waals surface area contributed by atoms with E-state index in [2.05, 4.69) is 22.2 Å². The lowest BCUT2D eigenvalue weighted by molar-refractivity contribution is 0.0439. The van der Waals surface area contributed by atoms with E-state index in [0.29, 0.717) is 17.8 Å². The molecule has 1 aromatic heterocycles. The Bertz CT molecular complexity index is 501. The predicted octanol–water partition coefficient (Wildman–Crippen LogP) is 1.79. The monoisotopic (exact) mass is 277 g/mol. The van der Waals surface area contributed by atoms with Crippen LogP contribution in [0.4, 0.5) is 5.82 Å². The third kappa shape index (κ3) is 2.60. The first-order valence-electron chi connectivity index (χ1n) is 6.99. The van der Waals surface area contributed by atoms with Gasteiger partial charge in [-0.05, 0) is 25.2 Å². The Morgan fingerprint density at radius 1 is 1.50 bits per heavy atom. The van der Waals surface area contributed by atoms with Crippen molar-refractivity contribution in [3.8, 4) is 0 Å². The molecule has 3 rings (SSSR count). The Balaban J connectivity index is 1.62. The number of ether oxygens (including phenoxy) is 1. The number of hydrogen-bond donors (Lipinski definition) is 2. The Hall–Kier alpha value is -1.69. The molecule has 1 aliphatic carbocycles. The molecule has 0 spiro atoms. The summed E-state index contributed by atoms with van der Waals surface area (Å²) in [6.45, 7) is 3.84. The zero-order chi connectivity index (χ0) is 14.2. The van der Waals surface area contributed by atoms with Crippen LogP contribution in [0, 0.1) is 11.3 Å². The predicted molar refractivity (Wildman–Crippen MR) is 72.7 cm³/mol. The van der Waals surface area contributed by atoms with Gasteiger partial charge in [0.2, 0.25) is 0 Å². The average molecular weight is 277 g/mol. The zero-order valence-corrected chi connectivity index (χ0v) is 11.5. The van der Waals surface area contributed by atoms with Crippen LogP contribution in [0.1, 0.15) is 36.7 Å². The summed E-state index contributed by atoms with van der Waals surface area (Å²) >= 11 is 0. The lowest BCUT2D eigenvalue weighted by atomic mass is 9.81. The van der Waals surface area contributed by atoms with Crippen molar-refractivity contribution in [2.75, 3.05) is 18.5 Å². The molecule has 1 aliphatic heterocycles. The molecule has 2 fully saturated rings. The van der Waals surface area contributed by atoms with Crippen LogP contribution in [0.5, 0.6) is 0 Å². The molecule has 108 valence electrons. The number of nitrogens with one attached hydrogen (secondary N) is 1. The van der Waals surface area contributed by atoms with Gasteiger partial charge in [-0.1, -0.05) is 6.92 Å². The summed E-state index contributed by atoms with van der Waals surface area (Å²) < 4.78 is 5.88. The summed E-state index contributed by atoms with van der Waals surface area (Å²) in [6.07, 6.45) is 6.66. The molecule has 0 aromatic carbocycles. The first-order chi connectivity index (χ1) is 9.58. The summed E-state index contributed by atoms with van der Waals surface area (Å²) in [5.74, 6) is 0.261. The van der Waals surface area contributed by atoms with E-state index in [4.69, 9.17) is 9.84 Å². The fourth-order valence-electron chi connectivity index (χ4n) is 2.88. The Morgan fingerprint density at radius 2 is 2.30 bits per heavy atom. The van der Waals surface area contributed by atoms with Gasteiger partial charge < -0.3 is 15.2 Å². The summed E-state index contributed by atoms with van der Waals surface area (Å²) in [5, 5.41) is 12.0. The smallest absolute Gasteiger partial charge is 0.356 e. The van der Waals surface area contributed by atoms with Gasteiger partial charge in [-0.2, -0.15) is 0 Å². The number of carboxylic acids is 1. The van der Waals surface area contributed by atoms with Gasteiger partial charge in [0.05, 0.1) is 18.5 Å². The fraction of sp³-hybridized carbons (Fsp3) is 0.643. The molecule has 0 bridgehead atoms. The zero-order valence-electron chi connectivity index (χ0n) is 11.5. The van der Waals surface area contributed by atoms with E-state index in [0.717, 1.165) is 19.6 Å². The van der Waals surface area contributed by atoms with Crippen molar-refractivity contribution in [1.82, 2.24) is 9.97 Å². The minimum atomic E-state index is -1.06. The van der Waals surface area contributed by atoms with Gasteiger partial charge in [-0.25, -0.2) is 14.8 Å². The maximum Gasteiger partial charge on any atom is 0.356 e. The molecule has 2 atom stereocenters. The standard InChI is InChI=1S/C14H19N3O3/c1-14(4-5-20-12(14)9-2-3-9)8-17-11-7-15-10(6-16-11)13(18)19/h6-7,9,12H,2-5,8H2,1H3,(H,16,17)(H,18,19). The number of hydrogen-bond acceptors (Lipinski definition) is 5. The van der Waals surface area contributed by atoms with Crippen LogP contribution in [0.25, 0.3) is 0 Å². The summed E-state index contributed by atoms with van der Waals surface area (Å²) in [6, 6.07) is 0. The number of carboxylic acid groups (broad SMARTS) is 1. The minimum absolute atomic E-state index is 0.0400. The van der Waals surface area contributed by atoms with Crippen molar-refractivity contribution in [2.45, 2.75) is 32.3 Å². The third-order valence-corrected chi connectivity index (χ3v) is 4.25. The molecular weight excluding hydrogens is 258 g/mol. The highest BCUT2D eigenvalue weighted by Crippen LogP contribution is 2.47. The number of rotatable bonds is 5. The molecule has 2 heterocycles. The first kappa shape index (κ1) is 13.3. The molecule has 2 unspecified atom stereocenters. The summed E-state index contributed by atoms with van der Waals surface area (Å²) in [5.41, 5.74) is 0.0794. The van der Waals surface area contributed by atoms with E-state index in [9.17, 15) is 4.79 Å². The molecule has 0 radical (unpaired) electrons. The van der Waals surface area contributed by atoms with Gasteiger partial charge in [0.15, 0.2) is 5.69 Å². The van der Waals surface area contributed by atoms with Gasteiger partial charge >= 0.3 is 5.97 Å². The maximum atomic E-state index is 10.7. The van der Waals surface area contributed by atoms with Gasteiger partial charge in [0.1, 0.15) is 5.82 Å². The minimum Gasteiger partial charge on any atom is -0.476 e. The Morgan fingerprint density at radius 3 is 2.90 bits per heavy atom. The van der Waals surface area contributed by atoms with Crippen LogP contribution in [-0.4, -0.2) is 40.3 Å². The molecule has 6 nitrogen and oxygen atoms in total. The van der Waals surface area contributed by atoms with Crippen LogP contribution >= 0.6 is 0 Å². The molecule has 6 heteroatoms. The molecule has 2 aliphatic rings. The van der Waals surface area contributed by atoms with Crippen LogP contribution in [0.2, 0.25) is 0 Å². The molecule has 1 saturated heterocycles. The van der Waals surface area contributed by atoms with Crippen molar-refractivity contribution < 1.29 is 14.6 Å². The van der Waals surface area contributed by atoms with Gasteiger partial charge in [0.25, 0.3) is 0 Å². The average Bonchev–Trinajstić information content (AvgIpc) is 3.20. The number of nitrogens with zero attached hydrogens (tertiary/aromatic N) is 2. The summed E-state index contributed by atoms with van der Waals surface area (Å²) in [4.78, 5) is 18.7. The fourth-order valence-corrected chi connectivity index (χ4v) is 2.88. The highest BCUT2D eigenvalue weighted by molar-refractivity contribution is 5.84. The quantitative estimate of drug-likeness (QED) is 0.853. The van der Waals surface area contributed by atoms with E-state index in [1.165, 1.54) is 25.2 Å². The van der Waals surface area contributed by atoms with Crippen LogP contribution in [-0.2, 0) is 4.74 Å². The second-order valence-electron chi connectivity index (χ2n) is 5.98. The van der Waals surface area contributed by atoms with E-state index < -0.39 is 5.97 Å². The molecule has 1 saturated carbocycles. The highest BCUT2D eigenvalue weighted by atomic mass is 16.5. The largest absolute Gasteiger partial charge is 0.476 e. The third-order valence-electron chi connectivity index (χ3n) is 4.25. The van der Waals surface area contributed by atoms with Gasteiger partial charge in [-0.15, -0.1) is 0 Å². The molecule has 1 aromatic rings. The maximum absolute atomic E-state index is 10.7. The van der Waals surface area contributed by atoms with Crippen LogP contribution < -0.4 is 5.32 Å². The van der Waals surface area contributed by atoms with E-state index in [1.54, 1.807) is 0 Å². The van der Waals surface area contributed by atoms with Crippen molar-refractivity contribution >= 4 is 11.8 Å². The van der Waals surface area contributed by atoms with Crippen LogP contribution in [0.15, 0.2) is 12.4 Å². The lowest BCUT2D eigenvalue weighted by Gasteiger charge is -2.30. The second kappa shape index (κ2) is 5.01. The molecule has 2 N–H and O–H groups in total. The number of aromatic nitrogens is 2. The van der Waals surface area contributed by atoms with Crippen LogP contribution in [0.3, 0.4) is 0 Å².